The number of thiazole rings is 1. The minimum absolute atomic E-state index is 0.120. The summed E-state index contributed by atoms with van der Waals surface area (Å²) >= 11 is 1.24. The fourth-order valence-corrected chi connectivity index (χ4v) is 3.72. The summed E-state index contributed by atoms with van der Waals surface area (Å²) in [5.41, 5.74) is 0.773. The minimum Gasteiger partial charge on any atom is -0.486 e. The maximum atomic E-state index is 12.3. The summed E-state index contributed by atoms with van der Waals surface area (Å²) in [6.45, 7) is 2.68. The first-order valence-corrected chi connectivity index (χ1v) is 8.25. The fourth-order valence-electron chi connectivity index (χ4n) is 1.77. The van der Waals surface area contributed by atoms with Gasteiger partial charge in [-0.25, -0.2) is 13.4 Å². The first-order valence-electron chi connectivity index (χ1n) is 5.89. The largest absolute Gasteiger partial charge is 0.486 e. The van der Waals surface area contributed by atoms with E-state index in [9.17, 15) is 8.42 Å². The highest BCUT2D eigenvalue weighted by Gasteiger charge is 2.20. The van der Waals surface area contributed by atoms with Crippen molar-refractivity contribution in [2.75, 3.05) is 17.9 Å². The molecule has 1 aromatic heterocycles. The lowest BCUT2D eigenvalue weighted by atomic mass is 10.3. The van der Waals surface area contributed by atoms with Crippen LogP contribution in [0.2, 0.25) is 0 Å². The normalized spacial score (nSPS) is 14.1. The predicted octanol–water partition coefficient (Wildman–Crippen LogP) is 2.02. The lowest BCUT2D eigenvalue weighted by molar-refractivity contribution is 0.171. The Morgan fingerprint density at radius 2 is 2.00 bits per heavy atom. The molecule has 1 N–H and O–H groups in total. The van der Waals surface area contributed by atoms with Gasteiger partial charge in [0.25, 0.3) is 10.0 Å². The number of nitrogens with zero attached hydrogens (tertiary/aromatic N) is 1. The minimum atomic E-state index is -3.67. The Morgan fingerprint density at radius 3 is 2.70 bits per heavy atom. The predicted molar refractivity (Wildman–Crippen MR) is 75.1 cm³/mol. The highest BCUT2D eigenvalue weighted by Crippen LogP contribution is 2.32. The molecule has 20 heavy (non-hydrogen) atoms. The van der Waals surface area contributed by atoms with Gasteiger partial charge in [-0.05, 0) is 19.1 Å². The molecule has 1 aliphatic rings. The molecule has 6 nitrogen and oxygen atoms in total. The molecule has 2 heterocycles. The molecule has 0 spiro atoms. The summed E-state index contributed by atoms with van der Waals surface area (Å²) in [7, 11) is -3.67. The molecule has 0 unspecified atom stereocenters. The number of hydrogen-bond donors (Lipinski definition) is 1. The van der Waals surface area contributed by atoms with Crippen LogP contribution in [-0.4, -0.2) is 26.6 Å². The number of rotatable bonds is 3. The van der Waals surface area contributed by atoms with Crippen molar-refractivity contribution in [3.63, 3.8) is 0 Å². The third-order valence-corrected chi connectivity index (χ3v) is 5.01. The van der Waals surface area contributed by atoms with Crippen LogP contribution < -0.4 is 14.2 Å². The van der Waals surface area contributed by atoms with Crippen molar-refractivity contribution in [2.24, 2.45) is 0 Å². The first-order chi connectivity index (χ1) is 9.54. The lowest BCUT2D eigenvalue weighted by Gasteiger charge is -2.18. The summed E-state index contributed by atoms with van der Waals surface area (Å²) < 4.78 is 37.7. The number of hydrogen-bond acceptors (Lipinski definition) is 6. The van der Waals surface area contributed by atoms with Gasteiger partial charge >= 0.3 is 0 Å². The van der Waals surface area contributed by atoms with Crippen LogP contribution in [0.5, 0.6) is 11.5 Å². The van der Waals surface area contributed by atoms with Gasteiger partial charge in [-0.2, -0.15) is 0 Å². The van der Waals surface area contributed by atoms with E-state index in [-0.39, 0.29) is 4.90 Å². The third kappa shape index (κ3) is 2.56. The van der Waals surface area contributed by atoms with Crippen LogP contribution in [0.3, 0.4) is 0 Å². The van der Waals surface area contributed by atoms with E-state index >= 15 is 0 Å². The van der Waals surface area contributed by atoms with Gasteiger partial charge in [0.2, 0.25) is 0 Å². The van der Waals surface area contributed by atoms with Crippen molar-refractivity contribution in [2.45, 2.75) is 11.8 Å². The zero-order valence-electron chi connectivity index (χ0n) is 10.6. The van der Waals surface area contributed by atoms with Crippen LogP contribution in [0.15, 0.2) is 28.5 Å². The maximum absolute atomic E-state index is 12.3. The lowest BCUT2D eigenvalue weighted by Crippen LogP contribution is -2.17. The van der Waals surface area contributed by atoms with E-state index in [2.05, 4.69) is 9.71 Å². The Kier molecular flexibility index (Phi) is 3.27. The molecule has 0 amide bonds. The van der Waals surface area contributed by atoms with Crippen molar-refractivity contribution in [1.29, 1.82) is 0 Å². The van der Waals surface area contributed by atoms with Crippen LogP contribution >= 0.6 is 11.3 Å². The van der Waals surface area contributed by atoms with Gasteiger partial charge in [0.05, 0.1) is 10.6 Å². The number of aromatic nitrogens is 1. The molecule has 8 heteroatoms. The van der Waals surface area contributed by atoms with Gasteiger partial charge in [0, 0.05) is 11.4 Å². The Labute approximate surface area is 120 Å². The monoisotopic (exact) mass is 312 g/mol. The second-order valence-electron chi connectivity index (χ2n) is 4.21. The summed E-state index contributed by atoms with van der Waals surface area (Å²) in [5.74, 6) is 0.995. The van der Waals surface area contributed by atoms with Crippen molar-refractivity contribution >= 4 is 26.5 Å². The second kappa shape index (κ2) is 4.95. The number of fused-ring (bicyclic) bond motifs is 1. The van der Waals surface area contributed by atoms with Gasteiger partial charge in [-0.1, -0.05) is 0 Å². The molecule has 0 bridgehead atoms. The average Bonchev–Trinajstić information content (AvgIpc) is 2.83. The highest BCUT2D eigenvalue weighted by molar-refractivity contribution is 7.93. The van der Waals surface area contributed by atoms with E-state index in [0.29, 0.717) is 29.8 Å². The van der Waals surface area contributed by atoms with Crippen LogP contribution in [0.1, 0.15) is 5.69 Å². The molecule has 1 aliphatic heterocycles. The third-order valence-electron chi connectivity index (χ3n) is 2.66. The van der Waals surface area contributed by atoms with E-state index in [1.807, 2.05) is 0 Å². The van der Waals surface area contributed by atoms with E-state index in [0.717, 1.165) is 5.69 Å². The van der Waals surface area contributed by atoms with E-state index in [4.69, 9.17) is 9.47 Å². The van der Waals surface area contributed by atoms with Crippen LogP contribution in [-0.2, 0) is 10.0 Å². The maximum Gasteiger partial charge on any atom is 0.263 e. The average molecular weight is 312 g/mol. The zero-order valence-corrected chi connectivity index (χ0v) is 12.3. The topological polar surface area (TPSA) is 77.5 Å². The van der Waals surface area contributed by atoms with Gasteiger partial charge in [-0.15, -0.1) is 11.3 Å². The van der Waals surface area contributed by atoms with Gasteiger partial charge in [0.15, 0.2) is 16.6 Å². The molecule has 0 saturated heterocycles. The molecular formula is C12H12N2O4S2. The van der Waals surface area contributed by atoms with E-state index < -0.39 is 10.0 Å². The standard InChI is InChI=1S/C12H12N2O4S2/c1-8-7-19-12(13-8)14-20(15,16)9-2-3-10-11(6-9)18-5-4-17-10/h2-3,6-7H,4-5H2,1H3,(H,13,14). The number of sulfonamides is 1. The van der Waals surface area contributed by atoms with E-state index in [1.54, 1.807) is 18.4 Å². The summed E-state index contributed by atoms with van der Waals surface area (Å²) in [6.07, 6.45) is 0. The molecule has 0 atom stereocenters. The Hall–Kier alpha value is -1.80. The fraction of sp³-hybridized carbons (Fsp3) is 0.250. The Bertz CT molecular complexity index is 740. The van der Waals surface area contributed by atoms with Crippen molar-refractivity contribution in [3.05, 3.63) is 29.3 Å². The SMILES string of the molecule is Cc1csc(NS(=O)(=O)c2ccc3c(c2)OCCO3)n1. The summed E-state index contributed by atoms with van der Waals surface area (Å²) in [4.78, 5) is 4.20. The number of ether oxygens (including phenoxy) is 2. The van der Waals surface area contributed by atoms with Gasteiger partial charge in [0.1, 0.15) is 13.2 Å². The molecular weight excluding hydrogens is 300 g/mol. The Balaban J connectivity index is 1.91. The molecule has 0 saturated carbocycles. The molecule has 106 valence electrons. The molecule has 2 aromatic rings. The quantitative estimate of drug-likeness (QED) is 0.938. The molecule has 3 rings (SSSR count). The van der Waals surface area contributed by atoms with Crippen molar-refractivity contribution < 1.29 is 17.9 Å². The summed E-state index contributed by atoms with van der Waals surface area (Å²) in [5, 5.41) is 2.12. The smallest absolute Gasteiger partial charge is 0.263 e. The van der Waals surface area contributed by atoms with Crippen LogP contribution in [0.25, 0.3) is 0 Å². The van der Waals surface area contributed by atoms with Crippen molar-refractivity contribution in [3.8, 4) is 11.5 Å². The zero-order chi connectivity index (χ0) is 14.2. The van der Waals surface area contributed by atoms with Gasteiger partial charge in [-0.3, -0.25) is 4.72 Å². The molecule has 0 fully saturated rings. The second-order valence-corrected chi connectivity index (χ2v) is 6.75. The van der Waals surface area contributed by atoms with Crippen LogP contribution in [0.4, 0.5) is 5.13 Å². The molecule has 0 aliphatic carbocycles. The number of aryl methyl sites for hydroxylation is 1. The van der Waals surface area contributed by atoms with Crippen molar-refractivity contribution in [1.82, 2.24) is 4.98 Å². The Morgan fingerprint density at radius 1 is 1.25 bits per heavy atom. The molecule has 0 radical (unpaired) electrons. The van der Waals surface area contributed by atoms with E-state index in [1.165, 1.54) is 23.5 Å². The molecule has 1 aromatic carbocycles. The first kappa shape index (κ1) is 13.2. The number of nitrogens with one attached hydrogen (secondary N) is 1. The number of anilines is 1. The van der Waals surface area contributed by atoms with Gasteiger partial charge < -0.3 is 9.47 Å². The van der Waals surface area contributed by atoms with Crippen LogP contribution in [0, 0.1) is 6.92 Å². The number of benzene rings is 1. The highest BCUT2D eigenvalue weighted by atomic mass is 32.2. The summed E-state index contributed by atoms with van der Waals surface area (Å²) in [6, 6.07) is 4.53.